The average Bonchev–Trinajstić information content (AvgIpc) is 3.78. The van der Waals surface area contributed by atoms with Gasteiger partial charge in [-0.1, -0.05) is 61.8 Å². The van der Waals surface area contributed by atoms with Crippen molar-refractivity contribution in [1.82, 2.24) is 24.5 Å². The number of allylic oxidation sites excluding steroid dienone is 1. The number of piperazine rings is 1. The lowest BCUT2D eigenvalue weighted by Crippen LogP contribution is -2.98. The molecule has 3 aliphatic carbocycles. The fourth-order valence-corrected chi connectivity index (χ4v) is 13.1. The SMILES string of the molecule is COc1nc2c(cc1Oc1cc(N3CCC4(CC3)CC(N3CCN(Cc5ccc(Cl)cc5)C[C@H]3c3ccccc3C(C)C)C4)ccc1C(=O)NS(=O)(=O)c1cnc(OC[C@H]3CC[C@](C)(O)CC3)c([NH+](C)[O-])c1)C(F)=CC2. The van der Waals surface area contributed by atoms with Crippen LogP contribution in [-0.4, -0.2) is 104 Å². The van der Waals surface area contributed by atoms with E-state index in [4.69, 9.17) is 25.8 Å². The maximum Gasteiger partial charge on any atom is 0.277 e. The number of rotatable bonds is 16. The molecule has 1 amide bonds. The second kappa shape index (κ2) is 22.0. The van der Waals surface area contributed by atoms with E-state index in [2.05, 4.69) is 79.6 Å². The number of aromatic nitrogens is 2. The van der Waals surface area contributed by atoms with Gasteiger partial charge < -0.3 is 34.5 Å². The van der Waals surface area contributed by atoms with Crippen LogP contribution in [0.25, 0.3) is 5.83 Å². The second-order valence-corrected chi connectivity index (χ2v) is 24.4. The summed E-state index contributed by atoms with van der Waals surface area (Å²) in [5.41, 5.74) is 4.86. The zero-order chi connectivity index (χ0) is 53.5. The number of hydroxylamine groups is 1. The normalized spacial score (nSPS) is 22.4. The maximum atomic E-state index is 15.0. The van der Waals surface area contributed by atoms with E-state index in [1.165, 1.54) is 49.1 Å². The summed E-state index contributed by atoms with van der Waals surface area (Å²) in [4.78, 5) is 30.2. The third kappa shape index (κ3) is 11.6. The highest BCUT2D eigenvalue weighted by molar-refractivity contribution is 7.90. The Bertz CT molecular complexity index is 3080. The van der Waals surface area contributed by atoms with Gasteiger partial charge in [0.1, 0.15) is 16.5 Å². The number of ether oxygens (including phenoxy) is 3. The first-order valence-electron chi connectivity index (χ1n) is 26.6. The van der Waals surface area contributed by atoms with Crippen LogP contribution in [0.1, 0.15) is 122 Å². The van der Waals surface area contributed by atoms with Crippen LogP contribution in [0.2, 0.25) is 5.02 Å². The van der Waals surface area contributed by atoms with E-state index in [1.807, 2.05) is 19.1 Å². The molecule has 3 aromatic carbocycles. The van der Waals surface area contributed by atoms with Crippen molar-refractivity contribution < 1.29 is 42.0 Å². The number of aliphatic hydroxyl groups is 1. The van der Waals surface area contributed by atoms with Crippen molar-refractivity contribution >= 4 is 44.7 Å². The number of piperidine rings is 1. The lowest BCUT2D eigenvalue weighted by molar-refractivity contribution is -0.752. The van der Waals surface area contributed by atoms with E-state index in [1.54, 1.807) is 12.1 Å². The molecule has 1 spiro atoms. The predicted octanol–water partition coefficient (Wildman–Crippen LogP) is 9.31. The summed E-state index contributed by atoms with van der Waals surface area (Å²) in [6.45, 7) is 11.9. The molecule has 5 aromatic rings. The molecule has 2 atom stereocenters. The quantitative estimate of drug-likeness (QED) is 0.0799. The Labute approximate surface area is 450 Å². The van der Waals surface area contributed by atoms with Crippen molar-refractivity contribution in [3.63, 3.8) is 0 Å². The third-order valence-electron chi connectivity index (χ3n) is 16.6. The Balaban J connectivity index is 0.855. The van der Waals surface area contributed by atoms with Crippen molar-refractivity contribution in [1.29, 1.82) is 0 Å². The van der Waals surface area contributed by atoms with Crippen LogP contribution in [-0.2, 0) is 23.0 Å². The highest BCUT2D eigenvalue weighted by Crippen LogP contribution is 2.54. The summed E-state index contributed by atoms with van der Waals surface area (Å²) in [5.74, 6) is -0.811. The Morgan fingerprint density at radius 3 is 2.42 bits per heavy atom. The number of amides is 1. The van der Waals surface area contributed by atoms with E-state index >= 15 is 0 Å². The number of quaternary nitrogens is 1. The molecule has 2 saturated heterocycles. The molecule has 3 N–H and O–H groups in total. The van der Waals surface area contributed by atoms with Crippen LogP contribution in [0.3, 0.4) is 0 Å². The largest absolute Gasteiger partial charge is 0.629 e. The van der Waals surface area contributed by atoms with Gasteiger partial charge in [0.25, 0.3) is 27.7 Å². The number of fused-ring (bicyclic) bond motifs is 1. The van der Waals surface area contributed by atoms with Gasteiger partial charge in [0.2, 0.25) is 0 Å². The van der Waals surface area contributed by atoms with Crippen LogP contribution in [0.4, 0.5) is 15.8 Å². The highest BCUT2D eigenvalue weighted by atomic mass is 35.5. The Morgan fingerprint density at radius 1 is 0.974 bits per heavy atom. The Kier molecular flexibility index (Phi) is 15.5. The van der Waals surface area contributed by atoms with Crippen LogP contribution in [0.15, 0.2) is 96.0 Å². The summed E-state index contributed by atoms with van der Waals surface area (Å²) in [7, 11) is -1.91. The van der Waals surface area contributed by atoms with Crippen molar-refractivity contribution in [2.75, 3.05) is 58.4 Å². The van der Waals surface area contributed by atoms with E-state index < -0.39 is 37.3 Å². The first-order valence-corrected chi connectivity index (χ1v) is 28.5. The number of sulfonamides is 1. The molecule has 2 aliphatic heterocycles. The van der Waals surface area contributed by atoms with Crippen molar-refractivity contribution in [2.45, 2.75) is 114 Å². The van der Waals surface area contributed by atoms with E-state index in [0.717, 1.165) is 101 Å². The van der Waals surface area contributed by atoms with E-state index in [0.29, 0.717) is 30.5 Å². The van der Waals surface area contributed by atoms with E-state index in [-0.39, 0.29) is 70.5 Å². The monoisotopic (exact) mass is 1080 g/mol. The number of nitrogens with one attached hydrogen (secondary N) is 2. The second-order valence-electron chi connectivity index (χ2n) is 22.2. The van der Waals surface area contributed by atoms with Gasteiger partial charge in [-0.15, -0.1) is 0 Å². The minimum absolute atomic E-state index is 0.00933. The molecule has 4 fully saturated rings. The number of methoxy groups -OCH3 is 1. The lowest BCUT2D eigenvalue weighted by atomic mass is 9.59. The van der Waals surface area contributed by atoms with Gasteiger partial charge >= 0.3 is 0 Å². The molecule has 0 bridgehead atoms. The Morgan fingerprint density at radius 2 is 1.71 bits per heavy atom. The number of hydrogen-bond donors (Lipinski definition) is 3. The number of anilines is 1. The van der Waals surface area contributed by atoms with Gasteiger partial charge in [-0.3, -0.25) is 14.6 Å². The zero-order valence-electron chi connectivity index (χ0n) is 44.0. The molecule has 5 aliphatic rings. The first kappa shape index (κ1) is 53.7. The van der Waals surface area contributed by atoms with Crippen LogP contribution < -0.4 is 28.9 Å². The molecule has 2 saturated carbocycles. The molecule has 2 aromatic heterocycles. The van der Waals surface area contributed by atoms with Crippen molar-refractivity contribution in [3.05, 3.63) is 135 Å². The lowest BCUT2D eigenvalue weighted by Gasteiger charge is -2.58. The van der Waals surface area contributed by atoms with Crippen LogP contribution in [0, 0.1) is 16.5 Å². The summed E-state index contributed by atoms with van der Waals surface area (Å²) in [6.07, 6.45) is 9.63. The molecule has 15 nitrogen and oxygen atoms in total. The van der Waals surface area contributed by atoms with Crippen LogP contribution in [0.5, 0.6) is 23.3 Å². The first-order chi connectivity index (χ1) is 36.4. The number of nitrogens with zero attached hydrogens (tertiary/aromatic N) is 5. The number of halogens is 2. The molecule has 0 radical (unpaired) electrons. The van der Waals surface area contributed by atoms with E-state index in [9.17, 15) is 27.9 Å². The third-order valence-corrected chi connectivity index (χ3v) is 18.1. The van der Waals surface area contributed by atoms with Gasteiger partial charge in [0.05, 0.1) is 43.8 Å². The van der Waals surface area contributed by atoms with Gasteiger partial charge in [-0.25, -0.2) is 27.5 Å². The van der Waals surface area contributed by atoms with Gasteiger partial charge in [-0.05, 0) is 129 Å². The summed E-state index contributed by atoms with van der Waals surface area (Å²) >= 11 is 6.24. The predicted molar refractivity (Wildman–Crippen MR) is 291 cm³/mol. The fourth-order valence-electron chi connectivity index (χ4n) is 12.1. The molecule has 1 unspecified atom stereocenters. The fraction of sp³-hybridized carbons (Fsp3) is 0.466. The number of hydrogen-bond acceptors (Lipinski definition) is 13. The number of benzene rings is 3. The van der Waals surface area contributed by atoms with Gasteiger partial charge in [0.15, 0.2) is 11.4 Å². The number of carbonyl (C=O) groups excluding carboxylic acids is 1. The minimum atomic E-state index is -4.61. The number of carbonyl (C=O) groups is 1. The van der Waals surface area contributed by atoms with Crippen molar-refractivity contribution in [2.24, 2.45) is 11.3 Å². The molecule has 76 heavy (non-hydrogen) atoms. The molecular formula is C58H69ClFN7O8S. The van der Waals surface area contributed by atoms with Gasteiger partial charge in [0, 0.05) is 86.2 Å². The average molecular weight is 1080 g/mol. The van der Waals surface area contributed by atoms with Gasteiger partial charge in [-0.2, -0.15) is 0 Å². The summed E-state index contributed by atoms with van der Waals surface area (Å²) in [5, 5.41) is 23.5. The zero-order valence-corrected chi connectivity index (χ0v) is 45.6. The summed E-state index contributed by atoms with van der Waals surface area (Å²) in [6, 6.07) is 25.5. The standard InChI is InChI=1S/C58H69ClFN7O8S/c1-37(2)44-8-6-7-9-45(44)51-35-65(34-38-10-12-40(59)13-11-38)26-27-67(51)42-31-58(32-42)22-24-66(25-23-58)41-14-15-46(52(28-41)75-53-30-47-48(60)16-17-49(47)62-56(53)73-5)54(68)63-76(71,72)43-29-50(64(4)70)55(61-33-43)74-36-39-18-20-57(3,69)21-19-39/h6-16,28-30,33,37,39,42,51,64,69H,17-27,31-32,34-36H2,1-5H3,(H,63,68)/t39-,51-,57-/m0/s1. The minimum Gasteiger partial charge on any atom is -0.629 e. The molecule has 18 heteroatoms. The number of pyridine rings is 2. The topological polar surface area (TPSA) is 174 Å². The Hall–Kier alpha value is -5.66. The summed E-state index contributed by atoms with van der Waals surface area (Å²) < 4.78 is 63.1. The van der Waals surface area contributed by atoms with Crippen molar-refractivity contribution in [3.8, 4) is 23.3 Å². The molecular weight excluding hydrogens is 1010 g/mol. The molecule has 404 valence electrons. The molecule has 10 rings (SSSR count). The highest BCUT2D eigenvalue weighted by Gasteiger charge is 2.50. The maximum absolute atomic E-state index is 15.0. The van der Waals surface area contributed by atoms with Crippen LogP contribution >= 0.6 is 11.6 Å². The molecule has 4 heterocycles. The smallest absolute Gasteiger partial charge is 0.277 e.